The third-order valence-corrected chi connectivity index (χ3v) is 1.48. The molecule has 3 nitrogen and oxygen atoms in total. The van der Waals surface area contributed by atoms with Crippen LogP contribution in [0.1, 0.15) is 0 Å². The van der Waals surface area contributed by atoms with Crippen molar-refractivity contribution in [2.45, 2.75) is 6.04 Å². The summed E-state index contributed by atoms with van der Waals surface area (Å²) in [4.78, 5) is 2.20. The van der Waals surface area contributed by atoms with Crippen LogP contribution in [0.2, 0.25) is 0 Å². The third kappa shape index (κ3) is 1.93. The van der Waals surface area contributed by atoms with Crippen LogP contribution in [0.15, 0.2) is 0 Å². The maximum atomic E-state index is 3.27. The molecule has 0 aromatic carbocycles. The molecule has 3 heteroatoms. The molecule has 1 unspecified atom stereocenters. The first-order valence-electron chi connectivity index (χ1n) is 3.30. The third-order valence-electron chi connectivity index (χ3n) is 1.48. The van der Waals surface area contributed by atoms with Crippen molar-refractivity contribution in [3.05, 3.63) is 0 Å². The highest BCUT2D eigenvalue weighted by molar-refractivity contribution is 4.78. The fourth-order valence-corrected chi connectivity index (χ4v) is 1.16. The Morgan fingerprint density at radius 2 is 2.22 bits per heavy atom. The van der Waals surface area contributed by atoms with Crippen LogP contribution >= 0.6 is 0 Å². The number of rotatable bonds is 2. The molecule has 0 aromatic heterocycles. The predicted octanol–water partition coefficient (Wildman–Crippen LogP) is -0.633. The van der Waals surface area contributed by atoms with Crippen LogP contribution < -0.4 is 5.43 Å². The van der Waals surface area contributed by atoms with E-state index >= 15 is 0 Å². The molecule has 1 aliphatic heterocycles. The number of nitrogens with zero attached hydrogens (tertiary/aromatic N) is 2. The van der Waals surface area contributed by atoms with E-state index in [1.807, 2.05) is 0 Å². The molecular weight excluding hydrogens is 114 g/mol. The van der Waals surface area contributed by atoms with Crippen LogP contribution in [0.3, 0.4) is 0 Å². The molecule has 0 saturated carbocycles. The molecular formula is C6H15N3. The summed E-state index contributed by atoms with van der Waals surface area (Å²) in [6, 6.07) is 0.685. The highest BCUT2D eigenvalue weighted by atomic mass is 15.6. The van der Waals surface area contributed by atoms with Crippen LogP contribution in [-0.4, -0.2) is 50.2 Å². The van der Waals surface area contributed by atoms with E-state index in [0.717, 1.165) is 6.54 Å². The SMILES string of the molecule is CN(C)CC1CN(C)N1. The second kappa shape index (κ2) is 2.64. The van der Waals surface area contributed by atoms with Crippen molar-refractivity contribution in [1.29, 1.82) is 0 Å². The van der Waals surface area contributed by atoms with E-state index in [1.54, 1.807) is 0 Å². The van der Waals surface area contributed by atoms with Gasteiger partial charge in [0.15, 0.2) is 0 Å². The van der Waals surface area contributed by atoms with Crippen LogP contribution in [0.25, 0.3) is 0 Å². The quantitative estimate of drug-likeness (QED) is 0.535. The van der Waals surface area contributed by atoms with Gasteiger partial charge in [-0.15, -0.1) is 0 Å². The standard InChI is InChI=1S/C6H15N3/c1-8(2)4-6-5-9(3)7-6/h6-7H,4-5H2,1-3H3. The summed E-state index contributed by atoms with van der Waals surface area (Å²) >= 11 is 0. The molecule has 1 atom stereocenters. The first-order chi connectivity index (χ1) is 4.18. The summed E-state index contributed by atoms with van der Waals surface area (Å²) in [5.41, 5.74) is 3.27. The smallest absolute Gasteiger partial charge is 0.0483 e. The average Bonchev–Trinajstić information content (AvgIpc) is 1.60. The topological polar surface area (TPSA) is 18.5 Å². The highest BCUT2D eigenvalue weighted by Gasteiger charge is 2.21. The summed E-state index contributed by atoms with van der Waals surface area (Å²) in [5, 5.41) is 2.11. The molecule has 0 spiro atoms. The van der Waals surface area contributed by atoms with Crippen molar-refractivity contribution in [1.82, 2.24) is 15.3 Å². The summed E-state index contributed by atoms with van der Waals surface area (Å²) in [7, 11) is 6.26. The van der Waals surface area contributed by atoms with Crippen molar-refractivity contribution in [2.75, 3.05) is 34.2 Å². The van der Waals surface area contributed by atoms with Crippen LogP contribution in [0, 0.1) is 0 Å². The van der Waals surface area contributed by atoms with Crippen LogP contribution in [0.5, 0.6) is 0 Å². The lowest BCUT2D eigenvalue weighted by Crippen LogP contribution is -2.62. The molecule has 0 radical (unpaired) electrons. The van der Waals surface area contributed by atoms with Crippen LogP contribution in [-0.2, 0) is 0 Å². The fourth-order valence-electron chi connectivity index (χ4n) is 1.16. The molecule has 0 aliphatic carbocycles. The zero-order valence-corrected chi connectivity index (χ0v) is 6.39. The Morgan fingerprint density at radius 1 is 1.67 bits per heavy atom. The Bertz CT molecular complexity index is 86.3. The zero-order valence-electron chi connectivity index (χ0n) is 6.39. The Balaban J connectivity index is 2.04. The number of hydrogen-bond acceptors (Lipinski definition) is 3. The summed E-state index contributed by atoms with van der Waals surface area (Å²) in [6.45, 7) is 2.32. The van der Waals surface area contributed by atoms with Gasteiger partial charge in [-0.05, 0) is 14.1 Å². The van der Waals surface area contributed by atoms with Crippen molar-refractivity contribution < 1.29 is 0 Å². The van der Waals surface area contributed by atoms with E-state index in [2.05, 4.69) is 36.5 Å². The number of hydrogen-bond donors (Lipinski definition) is 1. The van der Waals surface area contributed by atoms with Crippen molar-refractivity contribution in [3.8, 4) is 0 Å². The van der Waals surface area contributed by atoms with E-state index in [4.69, 9.17) is 0 Å². The Hall–Kier alpha value is -0.120. The first kappa shape index (κ1) is 6.99. The minimum atomic E-state index is 0.685. The summed E-state index contributed by atoms with van der Waals surface area (Å²) in [6.07, 6.45) is 0. The van der Waals surface area contributed by atoms with Gasteiger partial charge in [0.25, 0.3) is 0 Å². The van der Waals surface area contributed by atoms with E-state index in [0.29, 0.717) is 6.04 Å². The largest absolute Gasteiger partial charge is 0.308 e. The fraction of sp³-hybridized carbons (Fsp3) is 1.00. The molecule has 1 N–H and O–H groups in total. The first-order valence-corrected chi connectivity index (χ1v) is 3.30. The van der Waals surface area contributed by atoms with Gasteiger partial charge in [0.2, 0.25) is 0 Å². The van der Waals surface area contributed by atoms with Crippen molar-refractivity contribution >= 4 is 0 Å². The van der Waals surface area contributed by atoms with Gasteiger partial charge in [-0.1, -0.05) is 0 Å². The second-order valence-electron chi connectivity index (χ2n) is 2.97. The molecule has 9 heavy (non-hydrogen) atoms. The number of likely N-dealkylation sites (N-methyl/N-ethyl adjacent to an activating group) is 2. The monoisotopic (exact) mass is 129 g/mol. The van der Waals surface area contributed by atoms with Gasteiger partial charge in [-0.25, -0.2) is 10.4 Å². The normalized spacial score (nSPS) is 28.7. The van der Waals surface area contributed by atoms with Gasteiger partial charge in [-0.2, -0.15) is 0 Å². The van der Waals surface area contributed by atoms with Crippen molar-refractivity contribution in [2.24, 2.45) is 0 Å². The lowest BCUT2D eigenvalue weighted by atomic mass is 10.2. The molecule has 0 aromatic rings. The molecule has 1 fully saturated rings. The minimum absolute atomic E-state index is 0.685. The number of nitrogens with one attached hydrogen (secondary N) is 1. The maximum absolute atomic E-state index is 3.27. The number of hydrazine groups is 1. The summed E-state index contributed by atoms with van der Waals surface area (Å²) < 4.78 is 0. The summed E-state index contributed by atoms with van der Waals surface area (Å²) in [5.74, 6) is 0. The lowest BCUT2D eigenvalue weighted by molar-refractivity contribution is 0.0583. The lowest BCUT2D eigenvalue weighted by Gasteiger charge is -2.38. The predicted molar refractivity (Wildman–Crippen MR) is 38.1 cm³/mol. The second-order valence-corrected chi connectivity index (χ2v) is 2.97. The molecule has 0 amide bonds. The van der Waals surface area contributed by atoms with E-state index in [9.17, 15) is 0 Å². The molecule has 54 valence electrons. The van der Waals surface area contributed by atoms with E-state index in [-0.39, 0.29) is 0 Å². The minimum Gasteiger partial charge on any atom is -0.308 e. The van der Waals surface area contributed by atoms with Gasteiger partial charge in [-0.3, -0.25) is 0 Å². The average molecular weight is 129 g/mol. The Labute approximate surface area is 56.6 Å². The zero-order chi connectivity index (χ0) is 6.85. The maximum Gasteiger partial charge on any atom is 0.0483 e. The molecule has 1 saturated heterocycles. The Kier molecular flexibility index (Phi) is 2.05. The van der Waals surface area contributed by atoms with E-state index < -0.39 is 0 Å². The molecule has 1 aliphatic rings. The highest BCUT2D eigenvalue weighted by Crippen LogP contribution is 1.99. The molecule has 1 heterocycles. The van der Waals surface area contributed by atoms with Crippen molar-refractivity contribution in [3.63, 3.8) is 0 Å². The van der Waals surface area contributed by atoms with E-state index in [1.165, 1.54) is 6.54 Å². The van der Waals surface area contributed by atoms with Gasteiger partial charge in [0.05, 0.1) is 0 Å². The van der Waals surface area contributed by atoms with Gasteiger partial charge in [0.1, 0.15) is 0 Å². The molecule has 0 bridgehead atoms. The Morgan fingerprint density at radius 3 is 2.56 bits per heavy atom. The van der Waals surface area contributed by atoms with Gasteiger partial charge >= 0.3 is 0 Å². The molecule has 1 rings (SSSR count). The van der Waals surface area contributed by atoms with Gasteiger partial charge < -0.3 is 4.90 Å². The van der Waals surface area contributed by atoms with Gasteiger partial charge in [0, 0.05) is 26.2 Å². The van der Waals surface area contributed by atoms with Crippen LogP contribution in [0.4, 0.5) is 0 Å².